The first-order chi connectivity index (χ1) is 8.59. The Morgan fingerprint density at radius 1 is 1.50 bits per heavy atom. The van der Waals surface area contributed by atoms with Gasteiger partial charge in [0, 0.05) is 24.5 Å². The van der Waals surface area contributed by atoms with Crippen molar-refractivity contribution >= 4 is 28.5 Å². The van der Waals surface area contributed by atoms with Crippen LogP contribution in [0, 0.1) is 5.92 Å². The van der Waals surface area contributed by atoms with E-state index in [4.69, 9.17) is 16.7 Å². The average molecular weight is 264 g/mol. The maximum atomic E-state index is 11.1. The van der Waals surface area contributed by atoms with Gasteiger partial charge in [-0.1, -0.05) is 23.7 Å². The molecular formula is C14H14ClNO2. The van der Waals surface area contributed by atoms with E-state index in [9.17, 15) is 4.79 Å². The summed E-state index contributed by atoms with van der Waals surface area (Å²) in [6.07, 6.45) is 2.14. The summed E-state index contributed by atoms with van der Waals surface area (Å²) in [5.41, 5.74) is 3.42. The Morgan fingerprint density at radius 3 is 3.00 bits per heavy atom. The van der Waals surface area contributed by atoms with Crippen LogP contribution in [0.5, 0.6) is 0 Å². The number of rotatable bonds is 1. The zero-order valence-electron chi connectivity index (χ0n) is 10.1. The van der Waals surface area contributed by atoms with Gasteiger partial charge in [0.15, 0.2) is 0 Å². The molecule has 0 saturated heterocycles. The highest BCUT2D eigenvalue weighted by atomic mass is 35.5. The van der Waals surface area contributed by atoms with Crippen LogP contribution in [-0.2, 0) is 24.7 Å². The molecule has 0 amide bonds. The molecular weight excluding hydrogens is 250 g/mol. The highest BCUT2D eigenvalue weighted by Crippen LogP contribution is 2.36. The van der Waals surface area contributed by atoms with Gasteiger partial charge in [-0.2, -0.15) is 0 Å². The van der Waals surface area contributed by atoms with Crippen molar-refractivity contribution in [1.82, 2.24) is 4.57 Å². The number of aliphatic carboxylic acids is 1. The Morgan fingerprint density at radius 2 is 2.28 bits per heavy atom. The van der Waals surface area contributed by atoms with Crippen LogP contribution in [0.25, 0.3) is 10.9 Å². The largest absolute Gasteiger partial charge is 0.481 e. The summed E-state index contributed by atoms with van der Waals surface area (Å²) >= 11 is 6.24. The number of nitrogens with zero attached hydrogens (tertiary/aromatic N) is 1. The Labute approximate surface area is 110 Å². The van der Waals surface area contributed by atoms with Crippen molar-refractivity contribution < 1.29 is 9.90 Å². The summed E-state index contributed by atoms with van der Waals surface area (Å²) < 4.78 is 2.06. The molecule has 1 atom stereocenters. The van der Waals surface area contributed by atoms with Crippen LogP contribution in [-0.4, -0.2) is 15.6 Å². The molecule has 1 aromatic heterocycles. The minimum atomic E-state index is -0.697. The number of aryl methyl sites for hydroxylation is 2. The van der Waals surface area contributed by atoms with Gasteiger partial charge in [0.05, 0.1) is 16.5 Å². The Balaban J connectivity index is 2.22. The van der Waals surface area contributed by atoms with E-state index >= 15 is 0 Å². The minimum Gasteiger partial charge on any atom is -0.481 e. The summed E-state index contributed by atoms with van der Waals surface area (Å²) in [5, 5.41) is 11.1. The van der Waals surface area contributed by atoms with Gasteiger partial charge >= 0.3 is 5.97 Å². The minimum absolute atomic E-state index is 0.265. The smallest absolute Gasteiger partial charge is 0.306 e. The monoisotopic (exact) mass is 263 g/mol. The van der Waals surface area contributed by atoms with E-state index in [1.54, 1.807) is 0 Å². The van der Waals surface area contributed by atoms with Crippen molar-refractivity contribution in [2.75, 3.05) is 0 Å². The molecule has 1 heterocycles. The van der Waals surface area contributed by atoms with Crippen molar-refractivity contribution in [2.45, 2.75) is 19.3 Å². The molecule has 0 radical (unpaired) electrons. The van der Waals surface area contributed by atoms with Gasteiger partial charge in [0.1, 0.15) is 0 Å². The highest BCUT2D eigenvalue weighted by molar-refractivity contribution is 6.35. The fourth-order valence-corrected chi connectivity index (χ4v) is 3.30. The average Bonchev–Trinajstić information content (AvgIpc) is 2.64. The number of para-hydroxylation sites is 1. The molecule has 0 bridgehead atoms. The van der Waals surface area contributed by atoms with Gasteiger partial charge < -0.3 is 9.67 Å². The standard InChI is InChI=1S/C14H14ClNO2/c1-16-12-7-8(14(17)18)5-6-9(12)10-3-2-4-11(15)13(10)16/h2-4,8H,5-7H2,1H3,(H,17,18). The highest BCUT2D eigenvalue weighted by Gasteiger charge is 2.28. The van der Waals surface area contributed by atoms with E-state index in [0.717, 1.165) is 22.7 Å². The van der Waals surface area contributed by atoms with Crippen LogP contribution in [0.3, 0.4) is 0 Å². The predicted molar refractivity (Wildman–Crippen MR) is 71.1 cm³/mol. The number of hydrogen-bond donors (Lipinski definition) is 1. The van der Waals surface area contributed by atoms with Crippen LogP contribution in [0.15, 0.2) is 18.2 Å². The molecule has 1 aliphatic carbocycles. The first-order valence-electron chi connectivity index (χ1n) is 6.07. The fraction of sp³-hybridized carbons (Fsp3) is 0.357. The number of carboxylic acids is 1. The molecule has 2 aromatic rings. The fourth-order valence-electron chi connectivity index (χ4n) is 3.00. The maximum Gasteiger partial charge on any atom is 0.306 e. The molecule has 1 aromatic carbocycles. The van der Waals surface area contributed by atoms with E-state index < -0.39 is 5.97 Å². The normalized spacial score (nSPS) is 18.9. The van der Waals surface area contributed by atoms with Crippen molar-refractivity contribution in [2.24, 2.45) is 13.0 Å². The molecule has 0 aliphatic heterocycles. The number of aromatic nitrogens is 1. The van der Waals surface area contributed by atoms with Gasteiger partial charge in [0.2, 0.25) is 0 Å². The van der Waals surface area contributed by atoms with Gasteiger partial charge in [-0.15, -0.1) is 0 Å². The Hall–Kier alpha value is -1.48. The lowest BCUT2D eigenvalue weighted by Gasteiger charge is -2.20. The maximum absolute atomic E-state index is 11.1. The molecule has 1 aliphatic rings. The van der Waals surface area contributed by atoms with Crippen molar-refractivity contribution in [3.8, 4) is 0 Å². The molecule has 0 spiro atoms. The van der Waals surface area contributed by atoms with Crippen molar-refractivity contribution in [3.63, 3.8) is 0 Å². The predicted octanol–water partition coefficient (Wildman–Crippen LogP) is 3.02. The SMILES string of the molecule is Cn1c2c(c3cccc(Cl)c31)CCC(C(=O)O)C2. The summed E-state index contributed by atoms with van der Waals surface area (Å²) in [7, 11) is 1.97. The number of hydrogen-bond acceptors (Lipinski definition) is 1. The Bertz CT molecular complexity index is 645. The van der Waals surface area contributed by atoms with Crippen LogP contribution >= 0.6 is 11.6 Å². The third-order valence-electron chi connectivity index (χ3n) is 3.93. The number of halogens is 1. The van der Waals surface area contributed by atoms with Crippen molar-refractivity contribution in [3.05, 3.63) is 34.5 Å². The second-order valence-corrected chi connectivity index (χ2v) is 5.31. The second kappa shape index (κ2) is 4.02. The molecule has 3 nitrogen and oxygen atoms in total. The van der Waals surface area contributed by atoms with Crippen LogP contribution < -0.4 is 0 Å². The Kier molecular flexibility index (Phi) is 2.59. The summed E-state index contributed by atoms with van der Waals surface area (Å²) in [4.78, 5) is 11.1. The van der Waals surface area contributed by atoms with Crippen LogP contribution in [0.2, 0.25) is 5.02 Å². The molecule has 1 N–H and O–H groups in total. The lowest BCUT2D eigenvalue weighted by Crippen LogP contribution is -2.23. The van der Waals surface area contributed by atoms with Gasteiger partial charge in [-0.05, 0) is 24.5 Å². The van der Waals surface area contributed by atoms with E-state index in [1.165, 1.54) is 10.9 Å². The quantitative estimate of drug-likeness (QED) is 0.859. The third kappa shape index (κ3) is 1.54. The lowest BCUT2D eigenvalue weighted by atomic mass is 9.87. The summed E-state index contributed by atoms with van der Waals surface area (Å²) in [6, 6.07) is 5.90. The van der Waals surface area contributed by atoms with E-state index in [0.29, 0.717) is 12.8 Å². The number of benzene rings is 1. The lowest BCUT2D eigenvalue weighted by molar-refractivity contribution is -0.142. The number of carbonyl (C=O) groups is 1. The topological polar surface area (TPSA) is 42.2 Å². The molecule has 1 unspecified atom stereocenters. The summed E-state index contributed by atoms with van der Waals surface area (Å²) in [5.74, 6) is -0.962. The van der Waals surface area contributed by atoms with Crippen molar-refractivity contribution in [1.29, 1.82) is 0 Å². The summed E-state index contributed by atoms with van der Waals surface area (Å²) in [6.45, 7) is 0. The molecule has 3 rings (SSSR count). The number of carboxylic acid groups (broad SMARTS) is 1. The van der Waals surface area contributed by atoms with Crippen LogP contribution in [0.4, 0.5) is 0 Å². The first kappa shape index (κ1) is 11.6. The first-order valence-corrected chi connectivity index (χ1v) is 6.45. The van der Waals surface area contributed by atoms with Gasteiger partial charge in [-0.3, -0.25) is 4.79 Å². The molecule has 0 saturated carbocycles. The zero-order valence-corrected chi connectivity index (χ0v) is 10.9. The van der Waals surface area contributed by atoms with E-state index in [2.05, 4.69) is 10.6 Å². The third-order valence-corrected chi connectivity index (χ3v) is 4.24. The van der Waals surface area contributed by atoms with E-state index in [1.807, 2.05) is 19.2 Å². The molecule has 0 fully saturated rings. The second-order valence-electron chi connectivity index (χ2n) is 4.90. The molecule has 18 heavy (non-hydrogen) atoms. The van der Waals surface area contributed by atoms with Gasteiger partial charge in [0.25, 0.3) is 0 Å². The zero-order chi connectivity index (χ0) is 12.9. The number of fused-ring (bicyclic) bond motifs is 3. The van der Waals surface area contributed by atoms with Gasteiger partial charge in [-0.25, -0.2) is 0 Å². The molecule has 94 valence electrons. The molecule has 4 heteroatoms. The van der Waals surface area contributed by atoms with E-state index in [-0.39, 0.29) is 5.92 Å². The van der Waals surface area contributed by atoms with Crippen LogP contribution in [0.1, 0.15) is 17.7 Å².